The van der Waals surface area contributed by atoms with Crippen molar-refractivity contribution in [2.75, 3.05) is 20.2 Å². The standard InChI is InChI=1S/C13H19NO/c1-11-12(6-5-7-13(11)15-2)10-14-8-3-4-9-14/h5-7H,3-4,8-10H2,1-2H3. The van der Waals surface area contributed by atoms with Gasteiger partial charge in [-0.2, -0.15) is 0 Å². The summed E-state index contributed by atoms with van der Waals surface area (Å²) in [6.45, 7) is 5.71. The number of nitrogens with zero attached hydrogens (tertiary/aromatic N) is 1. The minimum absolute atomic E-state index is 1.01. The second-order valence-electron chi connectivity index (χ2n) is 4.23. The minimum atomic E-state index is 1.01. The molecule has 0 saturated carbocycles. The molecule has 0 radical (unpaired) electrons. The van der Waals surface area contributed by atoms with Crippen molar-refractivity contribution in [1.29, 1.82) is 0 Å². The fourth-order valence-corrected chi connectivity index (χ4v) is 2.23. The topological polar surface area (TPSA) is 12.5 Å². The molecule has 0 aromatic heterocycles. The molecule has 1 aliphatic heterocycles. The van der Waals surface area contributed by atoms with Crippen LogP contribution in [0.2, 0.25) is 0 Å². The Morgan fingerprint density at radius 1 is 1.27 bits per heavy atom. The highest BCUT2D eigenvalue weighted by Crippen LogP contribution is 2.23. The molecule has 0 amide bonds. The van der Waals surface area contributed by atoms with E-state index in [4.69, 9.17) is 4.74 Å². The predicted molar refractivity (Wildman–Crippen MR) is 62.2 cm³/mol. The lowest BCUT2D eigenvalue weighted by atomic mass is 10.1. The minimum Gasteiger partial charge on any atom is -0.496 e. The van der Waals surface area contributed by atoms with Crippen molar-refractivity contribution < 1.29 is 4.74 Å². The first-order chi connectivity index (χ1) is 7.31. The van der Waals surface area contributed by atoms with Gasteiger partial charge in [-0.1, -0.05) is 12.1 Å². The van der Waals surface area contributed by atoms with Gasteiger partial charge in [0.05, 0.1) is 7.11 Å². The van der Waals surface area contributed by atoms with Gasteiger partial charge in [0.15, 0.2) is 0 Å². The molecule has 0 spiro atoms. The summed E-state index contributed by atoms with van der Waals surface area (Å²) in [6.07, 6.45) is 2.70. The maximum atomic E-state index is 5.33. The Hall–Kier alpha value is -1.02. The molecule has 2 nitrogen and oxygen atoms in total. The Morgan fingerprint density at radius 2 is 2.00 bits per heavy atom. The third-order valence-electron chi connectivity index (χ3n) is 3.21. The average molecular weight is 205 g/mol. The van der Waals surface area contributed by atoms with Crippen molar-refractivity contribution in [3.63, 3.8) is 0 Å². The molecule has 1 aromatic rings. The van der Waals surface area contributed by atoms with Crippen LogP contribution in [-0.2, 0) is 6.54 Å². The molecule has 0 bridgehead atoms. The van der Waals surface area contributed by atoms with E-state index in [0.29, 0.717) is 0 Å². The van der Waals surface area contributed by atoms with E-state index in [1.165, 1.54) is 37.1 Å². The fraction of sp³-hybridized carbons (Fsp3) is 0.538. The van der Waals surface area contributed by atoms with Gasteiger partial charge in [0.2, 0.25) is 0 Å². The van der Waals surface area contributed by atoms with E-state index in [9.17, 15) is 0 Å². The van der Waals surface area contributed by atoms with Crippen LogP contribution >= 0.6 is 0 Å². The smallest absolute Gasteiger partial charge is 0.122 e. The number of likely N-dealkylation sites (tertiary alicyclic amines) is 1. The van der Waals surface area contributed by atoms with Gasteiger partial charge in [0.1, 0.15) is 5.75 Å². The van der Waals surface area contributed by atoms with Crippen LogP contribution in [0.25, 0.3) is 0 Å². The third kappa shape index (κ3) is 2.32. The maximum Gasteiger partial charge on any atom is 0.122 e. The van der Waals surface area contributed by atoms with Gasteiger partial charge in [0.25, 0.3) is 0 Å². The quantitative estimate of drug-likeness (QED) is 0.752. The second kappa shape index (κ2) is 4.67. The van der Waals surface area contributed by atoms with E-state index >= 15 is 0 Å². The van der Waals surface area contributed by atoms with Crippen LogP contribution in [0.5, 0.6) is 5.75 Å². The van der Waals surface area contributed by atoms with Crippen molar-refractivity contribution in [2.24, 2.45) is 0 Å². The number of hydrogen-bond acceptors (Lipinski definition) is 2. The Bertz CT molecular complexity index is 329. The summed E-state index contributed by atoms with van der Waals surface area (Å²) in [7, 11) is 1.74. The molecule has 1 saturated heterocycles. The Labute approximate surface area is 91.9 Å². The van der Waals surface area contributed by atoms with Crippen LogP contribution in [0, 0.1) is 6.92 Å². The first-order valence-electron chi connectivity index (χ1n) is 5.66. The van der Waals surface area contributed by atoms with Crippen molar-refractivity contribution in [2.45, 2.75) is 26.3 Å². The summed E-state index contributed by atoms with van der Waals surface area (Å²) in [6, 6.07) is 6.32. The number of rotatable bonds is 3. The van der Waals surface area contributed by atoms with E-state index in [2.05, 4.69) is 24.0 Å². The van der Waals surface area contributed by atoms with Crippen LogP contribution in [0.4, 0.5) is 0 Å². The van der Waals surface area contributed by atoms with Gasteiger partial charge < -0.3 is 4.74 Å². The molecule has 1 heterocycles. The highest BCUT2D eigenvalue weighted by molar-refractivity contribution is 5.39. The lowest BCUT2D eigenvalue weighted by Gasteiger charge is -2.17. The molecule has 2 heteroatoms. The van der Waals surface area contributed by atoms with Crippen molar-refractivity contribution >= 4 is 0 Å². The SMILES string of the molecule is COc1cccc(CN2CCCC2)c1C. The molecule has 2 rings (SSSR count). The maximum absolute atomic E-state index is 5.33. The highest BCUT2D eigenvalue weighted by atomic mass is 16.5. The molecule has 82 valence electrons. The number of ether oxygens (including phenoxy) is 1. The average Bonchev–Trinajstić information content (AvgIpc) is 2.74. The van der Waals surface area contributed by atoms with E-state index in [0.717, 1.165) is 12.3 Å². The van der Waals surface area contributed by atoms with E-state index < -0.39 is 0 Å². The second-order valence-corrected chi connectivity index (χ2v) is 4.23. The van der Waals surface area contributed by atoms with Crippen LogP contribution in [0.3, 0.4) is 0 Å². The number of hydrogen-bond donors (Lipinski definition) is 0. The van der Waals surface area contributed by atoms with E-state index in [1.807, 2.05) is 6.07 Å². The molecule has 0 N–H and O–H groups in total. The van der Waals surface area contributed by atoms with Crippen LogP contribution in [-0.4, -0.2) is 25.1 Å². The molecule has 1 aromatic carbocycles. The first-order valence-corrected chi connectivity index (χ1v) is 5.66. The van der Waals surface area contributed by atoms with Gasteiger partial charge in [-0.05, 0) is 50.0 Å². The normalized spacial score (nSPS) is 16.9. The zero-order chi connectivity index (χ0) is 10.7. The summed E-state index contributed by atoms with van der Waals surface area (Å²) in [5.74, 6) is 1.01. The predicted octanol–water partition coefficient (Wildman–Crippen LogP) is 2.60. The van der Waals surface area contributed by atoms with Crippen molar-refractivity contribution in [3.05, 3.63) is 29.3 Å². The van der Waals surface area contributed by atoms with E-state index in [1.54, 1.807) is 7.11 Å². The summed E-state index contributed by atoms with van der Waals surface area (Å²) < 4.78 is 5.33. The summed E-state index contributed by atoms with van der Waals surface area (Å²) in [5, 5.41) is 0. The molecule has 1 aliphatic rings. The molecule has 0 atom stereocenters. The molecule has 15 heavy (non-hydrogen) atoms. The van der Waals surface area contributed by atoms with Gasteiger partial charge >= 0.3 is 0 Å². The number of methoxy groups -OCH3 is 1. The fourth-order valence-electron chi connectivity index (χ4n) is 2.23. The first kappa shape index (κ1) is 10.5. The lowest BCUT2D eigenvalue weighted by molar-refractivity contribution is 0.329. The molecular formula is C13H19NO. The van der Waals surface area contributed by atoms with E-state index in [-0.39, 0.29) is 0 Å². The van der Waals surface area contributed by atoms with Crippen LogP contribution < -0.4 is 4.74 Å². The largest absolute Gasteiger partial charge is 0.496 e. The monoisotopic (exact) mass is 205 g/mol. The van der Waals surface area contributed by atoms with Crippen molar-refractivity contribution in [3.8, 4) is 5.75 Å². The third-order valence-corrected chi connectivity index (χ3v) is 3.21. The Balaban J connectivity index is 2.13. The summed E-state index contributed by atoms with van der Waals surface area (Å²) in [5.41, 5.74) is 2.68. The summed E-state index contributed by atoms with van der Waals surface area (Å²) in [4.78, 5) is 2.52. The van der Waals surface area contributed by atoms with Crippen molar-refractivity contribution in [1.82, 2.24) is 4.90 Å². The van der Waals surface area contributed by atoms with Gasteiger partial charge in [-0.15, -0.1) is 0 Å². The Morgan fingerprint density at radius 3 is 2.67 bits per heavy atom. The lowest BCUT2D eigenvalue weighted by Crippen LogP contribution is -2.19. The number of benzene rings is 1. The summed E-state index contributed by atoms with van der Waals surface area (Å²) >= 11 is 0. The Kier molecular flexibility index (Phi) is 3.27. The zero-order valence-electron chi connectivity index (χ0n) is 9.62. The molecule has 0 unspecified atom stereocenters. The molecule has 1 fully saturated rings. The zero-order valence-corrected chi connectivity index (χ0v) is 9.62. The van der Waals surface area contributed by atoms with Gasteiger partial charge in [0, 0.05) is 6.54 Å². The molecule has 0 aliphatic carbocycles. The highest BCUT2D eigenvalue weighted by Gasteiger charge is 2.13. The van der Waals surface area contributed by atoms with Crippen LogP contribution in [0.15, 0.2) is 18.2 Å². The van der Waals surface area contributed by atoms with Gasteiger partial charge in [-0.3, -0.25) is 4.90 Å². The van der Waals surface area contributed by atoms with Gasteiger partial charge in [-0.25, -0.2) is 0 Å². The van der Waals surface area contributed by atoms with Crippen LogP contribution in [0.1, 0.15) is 24.0 Å². The molecular weight excluding hydrogens is 186 g/mol.